The second-order valence-electron chi connectivity index (χ2n) is 10.6. The first-order valence-electron chi connectivity index (χ1n) is 12.8. The van der Waals surface area contributed by atoms with Gasteiger partial charge in [0.05, 0.1) is 16.2 Å². The highest BCUT2D eigenvalue weighted by Crippen LogP contribution is 2.43. The molecule has 5 nitrogen and oxygen atoms in total. The number of hydrogen-bond donors (Lipinski definition) is 0. The molecule has 0 saturated heterocycles. The maximum atomic E-state index is 13.0. The minimum Gasteiger partial charge on any atom is -0.297 e. The highest BCUT2D eigenvalue weighted by atomic mass is 32.1. The zero-order valence-corrected chi connectivity index (χ0v) is 20.4. The summed E-state index contributed by atoms with van der Waals surface area (Å²) in [4.78, 5) is 22.2. The lowest BCUT2D eigenvalue weighted by molar-refractivity contribution is 0.0941. The Balaban J connectivity index is 0.974. The monoisotopic (exact) mass is 462 g/mol. The molecule has 2 aliphatic carbocycles. The van der Waals surface area contributed by atoms with Gasteiger partial charge in [0, 0.05) is 54.5 Å². The van der Waals surface area contributed by atoms with Gasteiger partial charge in [-0.15, -0.1) is 11.3 Å². The van der Waals surface area contributed by atoms with Crippen molar-refractivity contribution in [2.24, 2.45) is 18.9 Å². The van der Waals surface area contributed by atoms with Gasteiger partial charge in [0.2, 0.25) is 0 Å². The Labute approximate surface area is 200 Å². The molecule has 6 rings (SSSR count). The summed E-state index contributed by atoms with van der Waals surface area (Å²) in [7, 11) is 1.92. The molecule has 0 N–H and O–H groups in total. The Kier molecular flexibility index (Phi) is 5.83. The summed E-state index contributed by atoms with van der Waals surface area (Å²) in [6, 6.07) is 5.92. The van der Waals surface area contributed by atoms with E-state index in [-0.39, 0.29) is 5.78 Å². The fourth-order valence-corrected chi connectivity index (χ4v) is 7.07. The van der Waals surface area contributed by atoms with Crippen molar-refractivity contribution in [2.45, 2.75) is 70.3 Å². The third kappa shape index (κ3) is 4.65. The zero-order chi connectivity index (χ0) is 22.4. The highest BCUT2D eigenvalue weighted by Gasteiger charge is 2.30. The number of nitrogens with zero attached hydrogens (tertiary/aromatic N) is 4. The summed E-state index contributed by atoms with van der Waals surface area (Å²) in [5, 5.41) is 6.86. The molecule has 0 spiro atoms. The van der Waals surface area contributed by atoms with Gasteiger partial charge in [-0.2, -0.15) is 5.10 Å². The van der Waals surface area contributed by atoms with E-state index in [1.165, 1.54) is 75.2 Å². The van der Waals surface area contributed by atoms with Crippen molar-refractivity contribution < 1.29 is 4.79 Å². The third-order valence-electron chi connectivity index (χ3n) is 8.01. The Hall–Kier alpha value is -2.05. The van der Waals surface area contributed by atoms with Crippen LogP contribution in [0.4, 0.5) is 0 Å². The molecule has 0 atom stereocenters. The van der Waals surface area contributed by atoms with Crippen LogP contribution in [-0.4, -0.2) is 38.5 Å². The summed E-state index contributed by atoms with van der Waals surface area (Å²) in [5.74, 6) is 2.43. The Bertz CT molecular complexity index is 1150. The number of aryl methyl sites for hydroxylation is 1. The number of thiazole rings is 1. The van der Waals surface area contributed by atoms with Crippen LogP contribution < -0.4 is 0 Å². The second-order valence-corrected chi connectivity index (χ2v) is 11.7. The fraction of sp³-hybridized carbons (Fsp3) is 0.593. The minimum atomic E-state index is 0.287. The van der Waals surface area contributed by atoms with Gasteiger partial charge in [-0.05, 0) is 63.0 Å². The number of carbonyl (C=O) groups excluding carboxylic acids is 1. The van der Waals surface area contributed by atoms with E-state index >= 15 is 0 Å². The lowest BCUT2D eigenvalue weighted by Gasteiger charge is -2.31. The van der Waals surface area contributed by atoms with Gasteiger partial charge in [0.25, 0.3) is 0 Å². The molecule has 0 amide bonds. The van der Waals surface area contributed by atoms with Gasteiger partial charge in [0.15, 0.2) is 5.78 Å². The number of Topliss-reactive ketones (excluding diaryl/α,β-unsaturated/α-hetero) is 1. The molecule has 3 heterocycles. The van der Waals surface area contributed by atoms with E-state index in [2.05, 4.69) is 10.00 Å². The summed E-state index contributed by atoms with van der Waals surface area (Å²) in [5.41, 5.74) is 3.14. The molecule has 0 radical (unpaired) electrons. The van der Waals surface area contributed by atoms with Crippen LogP contribution in [-0.2, 0) is 20.0 Å². The number of carbonyl (C=O) groups is 1. The average molecular weight is 463 g/mol. The summed E-state index contributed by atoms with van der Waals surface area (Å²) in [6.07, 6.45) is 12.8. The van der Waals surface area contributed by atoms with Gasteiger partial charge in [-0.1, -0.05) is 25.0 Å². The average Bonchev–Trinajstić information content (AvgIpc) is 3.47. The largest absolute Gasteiger partial charge is 0.297 e. The molecule has 33 heavy (non-hydrogen) atoms. The van der Waals surface area contributed by atoms with Gasteiger partial charge in [0.1, 0.15) is 0 Å². The van der Waals surface area contributed by atoms with E-state index in [1.807, 2.05) is 42.8 Å². The minimum absolute atomic E-state index is 0.287. The number of ketones is 1. The van der Waals surface area contributed by atoms with E-state index in [9.17, 15) is 4.79 Å². The van der Waals surface area contributed by atoms with Crippen LogP contribution in [0.5, 0.6) is 0 Å². The molecular weight excluding hydrogens is 428 g/mol. The predicted octanol–water partition coefficient (Wildman–Crippen LogP) is 5.73. The van der Waals surface area contributed by atoms with Crippen LogP contribution in [0, 0.1) is 11.8 Å². The summed E-state index contributed by atoms with van der Waals surface area (Å²) in [6.45, 7) is 3.46. The van der Waals surface area contributed by atoms with Crippen molar-refractivity contribution >= 4 is 28.0 Å². The number of aromatic nitrogens is 3. The van der Waals surface area contributed by atoms with Crippen LogP contribution in [0.1, 0.15) is 83.2 Å². The molecule has 2 saturated carbocycles. The molecule has 1 aromatic carbocycles. The first-order valence-corrected chi connectivity index (χ1v) is 13.6. The van der Waals surface area contributed by atoms with E-state index in [0.717, 1.165) is 34.8 Å². The Morgan fingerprint density at radius 1 is 1.12 bits per heavy atom. The van der Waals surface area contributed by atoms with Gasteiger partial charge >= 0.3 is 0 Å². The molecule has 174 valence electrons. The number of fused-ring (bicyclic) bond motifs is 2. The van der Waals surface area contributed by atoms with Gasteiger partial charge in [-0.3, -0.25) is 14.4 Å². The molecular formula is C27H34N4OS. The van der Waals surface area contributed by atoms with Crippen LogP contribution in [0.15, 0.2) is 24.4 Å². The number of hydrogen-bond acceptors (Lipinski definition) is 5. The first kappa shape index (κ1) is 21.5. The normalized spacial score (nSPS) is 23.7. The molecule has 3 aliphatic rings. The van der Waals surface area contributed by atoms with Crippen molar-refractivity contribution in [3.05, 3.63) is 45.5 Å². The van der Waals surface area contributed by atoms with Crippen LogP contribution in [0.2, 0.25) is 0 Å². The van der Waals surface area contributed by atoms with E-state index in [1.54, 1.807) is 9.56 Å². The third-order valence-corrected chi connectivity index (χ3v) is 9.33. The predicted molar refractivity (Wildman–Crippen MR) is 133 cm³/mol. The number of rotatable bonds is 7. The van der Waals surface area contributed by atoms with Gasteiger partial charge in [-0.25, -0.2) is 4.98 Å². The van der Waals surface area contributed by atoms with Crippen LogP contribution in [0.25, 0.3) is 10.9 Å². The van der Waals surface area contributed by atoms with E-state index in [0.29, 0.717) is 12.3 Å². The Morgan fingerprint density at radius 2 is 1.94 bits per heavy atom. The van der Waals surface area contributed by atoms with Gasteiger partial charge < -0.3 is 0 Å². The quantitative estimate of drug-likeness (QED) is 0.421. The summed E-state index contributed by atoms with van der Waals surface area (Å²) >= 11 is 1.99. The number of benzene rings is 1. The molecule has 1 aliphatic heterocycles. The van der Waals surface area contributed by atoms with Crippen LogP contribution in [0.3, 0.4) is 0 Å². The van der Waals surface area contributed by atoms with Crippen molar-refractivity contribution in [3.63, 3.8) is 0 Å². The maximum absolute atomic E-state index is 13.0. The lowest BCUT2D eigenvalue weighted by atomic mass is 9.78. The topological polar surface area (TPSA) is 51.0 Å². The van der Waals surface area contributed by atoms with E-state index < -0.39 is 0 Å². The first-order chi connectivity index (χ1) is 16.1. The van der Waals surface area contributed by atoms with Crippen molar-refractivity contribution in [1.82, 2.24) is 19.7 Å². The SMILES string of the molecule is Cn1cc2c(C(=O)CC3CCC(CCN4CCc5sc(C6CC6)nc5C4)CC3)cccc2n1. The second kappa shape index (κ2) is 8.95. The fourth-order valence-electron chi connectivity index (χ4n) is 5.83. The van der Waals surface area contributed by atoms with Crippen LogP contribution >= 0.6 is 11.3 Å². The van der Waals surface area contributed by atoms with E-state index in [4.69, 9.17) is 4.98 Å². The maximum Gasteiger partial charge on any atom is 0.163 e. The molecule has 0 unspecified atom stereocenters. The zero-order valence-electron chi connectivity index (χ0n) is 19.6. The molecule has 6 heteroatoms. The Morgan fingerprint density at radius 3 is 2.76 bits per heavy atom. The van der Waals surface area contributed by atoms with Crippen molar-refractivity contribution in [2.75, 3.05) is 13.1 Å². The molecule has 2 fully saturated rings. The molecule has 0 bridgehead atoms. The van der Waals surface area contributed by atoms with Crippen molar-refractivity contribution in [1.29, 1.82) is 0 Å². The lowest BCUT2D eigenvalue weighted by Crippen LogP contribution is -2.32. The summed E-state index contributed by atoms with van der Waals surface area (Å²) < 4.78 is 1.80. The molecule has 3 aromatic rings. The van der Waals surface area contributed by atoms with Crippen molar-refractivity contribution in [3.8, 4) is 0 Å². The standard InChI is InChI=1S/C27H34N4OS/c1-30-16-22-21(3-2-4-23(22)29-30)25(32)15-19-7-5-18(6-8-19)11-13-31-14-12-26-24(17-31)28-27(33-26)20-9-10-20/h2-4,16,18-20H,5-15,17H2,1H3. The molecule has 2 aromatic heterocycles. The smallest absolute Gasteiger partial charge is 0.163 e. The highest BCUT2D eigenvalue weighted by molar-refractivity contribution is 7.11.